The Balaban J connectivity index is 1.81. The summed E-state index contributed by atoms with van der Waals surface area (Å²) in [5.74, 6) is -1.76. The van der Waals surface area contributed by atoms with Gasteiger partial charge in [-0.25, -0.2) is 9.03 Å². The average molecular weight is 637 g/mol. The van der Waals surface area contributed by atoms with Crippen LogP contribution in [0.2, 0.25) is 0 Å². The molecule has 3 amide bonds. The lowest BCUT2D eigenvalue weighted by Gasteiger charge is -2.24. The molecule has 0 spiro atoms. The molecular weight excluding hydrogens is 602 g/mol. The molecule has 0 saturated heterocycles. The van der Waals surface area contributed by atoms with Crippen molar-refractivity contribution in [2.75, 3.05) is 10.8 Å². The van der Waals surface area contributed by atoms with Crippen molar-refractivity contribution in [3.8, 4) is 0 Å². The third-order valence-corrected chi connectivity index (χ3v) is 8.03. The van der Waals surface area contributed by atoms with Crippen LogP contribution in [0.15, 0.2) is 65.1 Å². The number of nitrogens with zero attached hydrogens (tertiary/aromatic N) is 1. The fraction of sp³-hybridized carbons (Fsp3) is 0.370. The Bertz CT molecular complexity index is 1350. The van der Waals surface area contributed by atoms with E-state index in [0.29, 0.717) is 16.6 Å². The minimum atomic E-state index is -3.98. The number of halogens is 1. The molecule has 2 atom stereocenters. The summed E-state index contributed by atoms with van der Waals surface area (Å²) in [6, 6.07) is 12.2. The molecular formula is C27H34BrN5O6S. The SMILES string of the molecule is CCCCCNC(=O)[C@H](Cc1ccc(N2C=C(O)NS2(=O)=O)c(Br)c1)NC(=O)[C@H](Cc1ccccc1)NC(C)=O. The van der Waals surface area contributed by atoms with Crippen LogP contribution in [-0.2, 0) is 37.4 Å². The van der Waals surface area contributed by atoms with Gasteiger partial charge < -0.3 is 21.1 Å². The second-order valence-electron chi connectivity index (χ2n) is 9.41. The lowest BCUT2D eigenvalue weighted by atomic mass is 10.0. The molecule has 0 unspecified atom stereocenters. The lowest BCUT2D eigenvalue weighted by molar-refractivity contribution is -0.131. The number of rotatable bonds is 13. The number of anilines is 1. The second-order valence-corrected chi connectivity index (χ2v) is 11.8. The van der Waals surface area contributed by atoms with E-state index in [1.807, 2.05) is 35.1 Å². The van der Waals surface area contributed by atoms with E-state index in [0.717, 1.165) is 35.3 Å². The monoisotopic (exact) mass is 635 g/mol. The number of nitrogens with one attached hydrogen (secondary N) is 4. The van der Waals surface area contributed by atoms with Crippen LogP contribution in [0.25, 0.3) is 0 Å². The smallest absolute Gasteiger partial charge is 0.330 e. The van der Waals surface area contributed by atoms with Crippen molar-refractivity contribution in [3.63, 3.8) is 0 Å². The molecule has 5 N–H and O–H groups in total. The van der Waals surface area contributed by atoms with Crippen LogP contribution < -0.4 is 25.0 Å². The summed E-state index contributed by atoms with van der Waals surface area (Å²) < 4.78 is 27.8. The summed E-state index contributed by atoms with van der Waals surface area (Å²) >= 11 is 3.37. The zero-order chi connectivity index (χ0) is 29.3. The van der Waals surface area contributed by atoms with Gasteiger partial charge in [0.05, 0.1) is 11.9 Å². The topological polar surface area (TPSA) is 157 Å². The molecule has 40 heavy (non-hydrogen) atoms. The van der Waals surface area contributed by atoms with Gasteiger partial charge in [-0.1, -0.05) is 56.2 Å². The normalized spacial score (nSPS) is 15.4. The lowest BCUT2D eigenvalue weighted by Crippen LogP contribution is -2.55. The number of hydrogen-bond acceptors (Lipinski definition) is 6. The summed E-state index contributed by atoms with van der Waals surface area (Å²) in [6.07, 6.45) is 4.13. The highest BCUT2D eigenvalue weighted by atomic mass is 79.9. The van der Waals surface area contributed by atoms with Crippen LogP contribution in [-0.4, -0.2) is 49.9 Å². The fourth-order valence-electron chi connectivity index (χ4n) is 4.17. The Hall–Kier alpha value is -3.58. The maximum Gasteiger partial charge on any atom is 0.330 e. The largest absolute Gasteiger partial charge is 0.493 e. The molecule has 0 bridgehead atoms. The zero-order valence-electron chi connectivity index (χ0n) is 22.3. The number of aliphatic hydroxyl groups is 1. The van der Waals surface area contributed by atoms with Crippen molar-refractivity contribution in [1.29, 1.82) is 0 Å². The van der Waals surface area contributed by atoms with Crippen molar-refractivity contribution >= 4 is 49.5 Å². The van der Waals surface area contributed by atoms with Crippen molar-refractivity contribution in [2.45, 2.75) is 58.0 Å². The van der Waals surface area contributed by atoms with Crippen molar-refractivity contribution < 1.29 is 27.9 Å². The third kappa shape index (κ3) is 8.71. The number of aliphatic hydroxyl groups excluding tert-OH is 1. The number of benzene rings is 2. The van der Waals surface area contributed by atoms with Gasteiger partial charge in [0.15, 0.2) is 0 Å². The minimum Gasteiger partial charge on any atom is -0.493 e. The molecule has 2 aromatic carbocycles. The number of carbonyl (C=O) groups excluding carboxylic acids is 3. The van der Waals surface area contributed by atoms with E-state index in [2.05, 4.69) is 38.8 Å². The molecule has 13 heteroatoms. The van der Waals surface area contributed by atoms with E-state index < -0.39 is 34.1 Å². The Morgan fingerprint density at radius 3 is 2.25 bits per heavy atom. The molecule has 11 nitrogen and oxygen atoms in total. The first-order valence-corrected chi connectivity index (χ1v) is 15.1. The summed E-state index contributed by atoms with van der Waals surface area (Å²) in [5, 5.41) is 18.0. The molecule has 1 aliphatic rings. The predicted octanol–water partition coefficient (Wildman–Crippen LogP) is 2.54. The van der Waals surface area contributed by atoms with Crippen LogP contribution in [0.4, 0.5) is 5.69 Å². The van der Waals surface area contributed by atoms with Gasteiger partial charge in [0.25, 0.3) is 0 Å². The first kappa shape index (κ1) is 31.0. The van der Waals surface area contributed by atoms with Gasteiger partial charge in [0.1, 0.15) is 12.1 Å². The fourth-order valence-corrected chi connectivity index (χ4v) is 5.98. The van der Waals surface area contributed by atoms with Gasteiger partial charge in [-0.3, -0.25) is 14.4 Å². The van der Waals surface area contributed by atoms with Gasteiger partial charge >= 0.3 is 10.2 Å². The highest BCUT2D eigenvalue weighted by Gasteiger charge is 2.31. The quantitative estimate of drug-likeness (QED) is 0.213. The number of hydrogen-bond donors (Lipinski definition) is 5. The summed E-state index contributed by atoms with van der Waals surface area (Å²) in [7, 11) is -3.98. The third-order valence-electron chi connectivity index (χ3n) is 6.11. The number of carbonyl (C=O) groups is 3. The predicted molar refractivity (Wildman–Crippen MR) is 155 cm³/mol. The van der Waals surface area contributed by atoms with Gasteiger partial charge in [-0.05, 0) is 45.6 Å². The molecule has 0 aliphatic carbocycles. The summed E-state index contributed by atoms with van der Waals surface area (Å²) in [5.41, 5.74) is 1.74. The Morgan fingerprint density at radius 2 is 1.65 bits per heavy atom. The Kier molecular flexibility index (Phi) is 11.0. The first-order valence-electron chi connectivity index (χ1n) is 12.9. The van der Waals surface area contributed by atoms with Gasteiger partial charge in [0.2, 0.25) is 23.6 Å². The number of amides is 3. The average Bonchev–Trinajstić information content (AvgIpc) is 3.17. The van der Waals surface area contributed by atoms with Crippen molar-refractivity contribution in [2.24, 2.45) is 0 Å². The molecule has 1 aliphatic heterocycles. The van der Waals surface area contributed by atoms with Crippen molar-refractivity contribution in [3.05, 3.63) is 76.2 Å². The van der Waals surface area contributed by atoms with E-state index >= 15 is 0 Å². The molecule has 0 aromatic heterocycles. The maximum absolute atomic E-state index is 13.3. The molecule has 2 aromatic rings. The molecule has 0 saturated carbocycles. The maximum atomic E-state index is 13.3. The van der Waals surface area contributed by atoms with Gasteiger partial charge in [-0.2, -0.15) is 8.42 Å². The zero-order valence-corrected chi connectivity index (χ0v) is 24.7. The molecule has 0 radical (unpaired) electrons. The minimum absolute atomic E-state index is 0.106. The highest BCUT2D eigenvalue weighted by molar-refractivity contribution is 9.10. The van der Waals surface area contributed by atoms with Crippen LogP contribution >= 0.6 is 15.9 Å². The van der Waals surface area contributed by atoms with E-state index in [-0.39, 0.29) is 30.3 Å². The first-order chi connectivity index (χ1) is 19.0. The standard InChI is InChI=1S/C27H34BrN5O6S/c1-3-4-8-13-29-26(36)22(31-27(37)23(30-18(2)34)15-19-9-6-5-7-10-19)16-20-11-12-24(21(28)14-20)33-17-25(35)32-40(33,38)39/h5-7,9-12,14,17,22-23,32,35H,3-4,8,13,15-16H2,1-2H3,(H,29,36)(H,30,34)(H,31,37)/t22-,23-/m0/s1. The van der Waals surface area contributed by atoms with Crippen LogP contribution in [0, 0.1) is 0 Å². The van der Waals surface area contributed by atoms with E-state index in [1.54, 1.807) is 12.1 Å². The van der Waals surface area contributed by atoms with Gasteiger partial charge in [0, 0.05) is 30.8 Å². The molecule has 0 fully saturated rings. The van der Waals surface area contributed by atoms with E-state index in [9.17, 15) is 27.9 Å². The molecule has 216 valence electrons. The molecule has 3 rings (SSSR count). The summed E-state index contributed by atoms with van der Waals surface area (Å²) in [6.45, 7) is 3.84. The summed E-state index contributed by atoms with van der Waals surface area (Å²) in [4.78, 5) is 38.4. The van der Waals surface area contributed by atoms with Crippen LogP contribution in [0.3, 0.4) is 0 Å². The Morgan fingerprint density at radius 1 is 0.975 bits per heavy atom. The van der Waals surface area contributed by atoms with E-state index in [4.69, 9.17) is 0 Å². The van der Waals surface area contributed by atoms with Gasteiger partial charge in [-0.15, -0.1) is 0 Å². The Labute approximate surface area is 242 Å². The number of unbranched alkanes of at least 4 members (excludes halogenated alkanes) is 2. The molecule has 1 heterocycles. The van der Waals surface area contributed by atoms with E-state index in [1.165, 1.54) is 13.0 Å². The van der Waals surface area contributed by atoms with Crippen molar-refractivity contribution in [1.82, 2.24) is 20.7 Å². The second kappa shape index (κ2) is 14.2. The van der Waals surface area contributed by atoms with Crippen LogP contribution in [0.5, 0.6) is 0 Å². The highest BCUT2D eigenvalue weighted by Crippen LogP contribution is 2.32. The van der Waals surface area contributed by atoms with Crippen LogP contribution in [0.1, 0.15) is 44.2 Å².